The zero-order chi connectivity index (χ0) is 12.1. The van der Waals surface area contributed by atoms with Crippen molar-refractivity contribution >= 4 is 11.7 Å². The van der Waals surface area contributed by atoms with Crippen LogP contribution in [0.25, 0.3) is 0 Å². The van der Waals surface area contributed by atoms with Crippen LogP contribution in [0.4, 0.5) is 10.2 Å². The van der Waals surface area contributed by atoms with E-state index < -0.39 is 12.0 Å². The molecule has 1 heterocycles. The lowest BCUT2D eigenvalue weighted by atomic mass is 9.99. The third kappa shape index (κ3) is 3.27. The van der Waals surface area contributed by atoms with Crippen molar-refractivity contribution in [2.75, 3.05) is 5.32 Å². The molecule has 1 unspecified atom stereocenters. The Morgan fingerprint density at radius 1 is 1.62 bits per heavy atom. The van der Waals surface area contributed by atoms with Gasteiger partial charge in [0, 0.05) is 0 Å². The molecule has 1 aromatic heterocycles. The lowest BCUT2D eigenvalue weighted by molar-refractivity contribution is -0.118. The van der Waals surface area contributed by atoms with Gasteiger partial charge in [0.1, 0.15) is 5.82 Å². The number of carbonyl (C=O) groups is 1. The van der Waals surface area contributed by atoms with Gasteiger partial charge in [0.25, 0.3) is 0 Å². The minimum absolute atomic E-state index is 0.0774. The SMILES string of the molecule is CCC(C)[C@H](N)C(=O)Nc1cccc(F)n1. The van der Waals surface area contributed by atoms with E-state index in [0.717, 1.165) is 6.42 Å². The maximum absolute atomic E-state index is 12.7. The Hall–Kier alpha value is -1.49. The van der Waals surface area contributed by atoms with Gasteiger partial charge in [-0.05, 0) is 18.1 Å². The summed E-state index contributed by atoms with van der Waals surface area (Å²) in [5.74, 6) is -0.709. The van der Waals surface area contributed by atoms with Gasteiger partial charge >= 0.3 is 0 Å². The number of carbonyl (C=O) groups excluding carboxylic acids is 1. The number of nitrogens with one attached hydrogen (secondary N) is 1. The van der Waals surface area contributed by atoms with E-state index in [-0.39, 0.29) is 17.6 Å². The molecule has 5 heteroatoms. The summed E-state index contributed by atoms with van der Waals surface area (Å²) in [5, 5.41) is 2.48. The highest BCUT2D eigenvalue weighted by Gasteiger charge is 2.19. The lowest BCUT2D eigenvalue weighted by Gasteiger charge is -2.17. The Kier molecular flexibility index (Phi) is 4.37. The van der Waals surface area contributed by atoms with Crippen LogP contribution < -0.4 is 11.1 Å². The fraction of sp³-hybridized carbons (Fsp3) is 0.455. The highest BCUT2D eigenvalue weighted by Crippen LogP contribution is 2.09. The summed E-state index contributed by atoms with van der Waals surface area (Å²) in [5.41, 5.74) is 5.72. The van der Waals surface area contributed by atoms with Gasteiger partial charge in [-0.1, -0.05) is 26.3 Å². The molecule has 1 amide bonds. The molecule has 0 aliphatic rings. The summed E-state index contributed by atoms with van der Waals surface area (Å²) >= 11 is 0. The van der Waals surface area contributed by atoms with E-state index in [9.17, 15) is 9.18 Å². The van der Waals surface area contributed by atoms with E-state index in [4.69, 9.17) is 5.73 Å². The third-order valence-electron chi connectivity index (χ3n) is 2.53. The summed E-state index contributed by atoms with van der Waals surface area (Å²) in [6.07, 6.45) is 0.811. The maximum atomic E-state index is 12.7. The minimum atomic E-state index is -0.630. The number of aromatic nitrogens is 1. The van der Waals surface area contributed by atoms with Crippen LogP contribution in [0.1, 0.15) is 20.3 Å². The zero-order valence-corrected chi connectivity index (χ0v) is 9.40. The average molecular weight is 225 g/mol. The van der Waals surface area contributed by atoms with E-state index in [1.165, 1.54) is 18.2 Å². The molecule has 4 nitrogen and oxygen atoms in total. The Labute approximate surface area is 94.1 Å². The van der Waals surface area contributed by atoms with Gasteiger partial charge in [-0.25, -0.2) is 4.98 Å². The van der Waals surface area contributed by atoms with Crippen LogP contribution in [-0.4, -0.2) is 16.9 Å². The summed E-state index contributed by atoms with van der Waals surface area (Å²) in [6, 6.07) is 3.61. The standard InChI is InChI=1S/C11H16FN3O/c1-3-7(2)10(13)11(16)15-9-6-4-5-8(12)14-9/h4-7,10H,3,13H2,1-2H3,(H,14,15,16)/t7?,10-/m0/s1. The van der Waals surface area contributed by atoms with Crippen molar-refractivity contribution in [2.24, 2.45) is 11.7 Å². The Morgan fingerprint density at radius 2 is 2.31 bits per heavy atom. The van der Waals surface area contributed by atoms with Gasteiger partial charge in [-0.3, -0.25) is 4.79 Å². The quantitative estimate of drug-likeness (QED) is 0.763. The number of halogens is 1. The largest absolute Gasteiger partial charge is 0.320 e. The molecule has 0 aromatic carbocycles. The van der Waals surface area contributed by atoms with Crippen LogP contribution in [0.2, 0.25) is 0 Å². The molecule has 1 aromatic rings. The van der Waals surface area contributed by atoms with Crippen LogP contribution in [0.5, 0.6) is 0 Å². The predicted octanol–water partition coefficient (Wildman–Crippen LogP) is 1.53. The highest BCUT2D eigenvalue weighted by atomic mass is 19.1. The van der Waals surface area contributed by atoms with Gasteiger partial charge in [0.2, 0.25) is 11.9 Å². The van der Waals surface area contributed by atoms with Crippen molar-refractivity contribution in [2.45, 2.75) is 26.3 Å². The van der Waals surface area contributed by atoms with Crippen LogP contribution in [0.3, 0.4) is 0 Å². The second-order valence-electron chi connectivity index (χ2n) is 3.75. The van der Waals surface area contributed by atoms with E-state index in [2.05, 4.69) is 10.3 Å². The van der Waals surface area contributed by atoms with E-state index in [1.807, 2.05) is 13.8 Å². The molecule has 0 bridgehead atoms. The zero-order valence-electron chi connectivity index (χ0n) is 9.40. The molecule has 0 saturated heterocycles. The van der Waals surface area contributed by atoms with Gasteiger partial charge in [0.05, 0.1) is 6.04 Å². The highest BCUT2D eigenvalue weighted by molar-refractivity contribution is 5.94. The maximum Gasteiger partial charge on any atom is 0.242 e. The van der Waals surface area contributed by atoms with Gasteiger partial charge in [0.15, 0.2) is 0 Å². The first-order valence-corrected chi connectivity index (χ1v) is 5.23. The fourth-order valence-corrected chi connectivity index (χ4v) is 1.20. The topological polar surface area (TPSA) is 68.0 Å². The number of rotatable bonds is 4. The molecule has 0 saturated carbocycles. The molecule has 16 heavy (non-hydrogen) atoms. The molecule has 88 valence electrons. The van der Waals surface area contributed by atoms with Crippen LogP contribution >= 0.6 is 0 Å². The van der Waals surface area contributed by atoms with Crippen molar-refractivity contribution in [1.82, 2.24) is 4.98 Å². The van der Waals surface area contributed by atoms with Crippen molar-refractivity contribution in [3.63, 3.8) is 0 Å². The van der Waals surface area contributed by atoms with Crippen molar-refractivity contribution in [3.8, 4) is 0 Å². The van der Waals surface area contributed by atoms with Crippen LogP contribution in [0, 0.1) is 11.9 Å². The number of pyridine rings is 1. The summed E-state index contributed by atoms with van der Waals surface area (Å²) in [4.78, 5) is 15.2. The number of amides is 1. The van der Waals surface area contributed by atoms with E-state index in [0.29, 0.717) is 0 Å². The molecule has 0 aliphatic heterocycles. The first-order chi connectivity index (χ1) is 7.54. The minimum Gasteiger partial charge on any atom is -0.320 e. The molecule has 2 atom stereocenters. The summed E-state index contributed by atoms with van der Waals surface area (Å²) < 4.78 is 12.7. The summed E-state index contributed by atoms with van der Waals surface area (Å²) in [6.45, 7) is 3.85. The molecular weight excluding hydrogens is 209 g/mol. The molecule has 0 spiro atoms. The van der Waals surface area contributed by atoms with E-state index in [1.54, 1.807) is 0 Å². The van der Waals surface area contributed by atoms with Crippen molar-refractivity contribution < 1.29 is 9.18 Å². The molecule has 3 N–H and O–H groups in total. The van der Waals surface area contributed by atoms with Gasteiger partial charge in [-0.2, -0.15) is 4.39 Å². The molecule has 0 aliphatic carbocycles. The van der Waals surface area contributed by atoms with Crippen molar-refractivity contribution in [1.29, 1.82) is 0 Å². The second-order valence-corrected chi connectivity index (χ2v) is 3.75. The first-order valence-electron chi connectivity index (χ1n) is 5.23. The predicted molar refractivity (Wildman–Crippen MR) is 60.3 cm³/mol. The van der Waals surface area contributed by atoms with Crippen LogP contribution in [-0.2, 0) is 4.79 Å². The monoisotopic (exact) mass is 225 g/mol. The second kappa shape index (κ2) is 5.55. The first kappa shape index (κ1) is 12.6. The van der Waals surface area contributed by atoms with Crippen molar-refractivity contribution in [3.05, 3.63) is 24.1 Å². The fourth-order valence-electron chi connectivity index (χ4n) is 1.20. The molecular formula is C11H16FN3O. The Balaban J connectivity index is 2.64. The number of hydrogen-bond acceptors (Lipinski definition) is 3. The normalized spacial score (nSPS) is 14.2. The number of nitrogens with zero attached hydrogens (tertiary/aromatic N) is 1. The third-order valence-corrected chi connectivity index (χ3v) is 2.53. The molecule has 1 rings (SSSR count). The number of hydrogen-bond donors (Lipinski definition) is 2. The van der Waals surface area contributed by atoms with Gasteiger partial charge in [-0.15, -0.1) is 0 Å². The summed E-state index contributed by atoms with van der Waals surface area (Å²) in [7, 11) is 0. The molecule has 0 radical (unpaired) electrons. The molecule has 0 fully saturated rings. The number of nitrogens with two attached hydrogens (primary N) is 1. The van der Waals surface area contributed by atoms with E-state index >= 15 is 0 Å². The average Bonchev–Trinajstić information content (AvgIpc) is 2.27. The number of anilines is 1. The smallest absolute Gasteiger partial charge is 0.242 e. The Morgan fingerprint density at radius 3 is 2.88 bits per heavy atom. The van der Waals surface area contributed by atoms with Crippen LogP contribution in [0.15, 0.2) is 18.2 Å². The lowest BCUT2D eigenvalue weighted by Crippen LogP contribution is -2.40. The van der Waals surface area contributed by atoms with Gasteiger partial charge < -0.3 is 11.1 Å². The Bertz CT molecular complexity index is 370.